The summed E-state index contributed by atoms with van der Waals surface area (Å²) >= 11 is 0. The Kier molecular flexibility index (Phi) is 6.05. The van der Waals surface area contributed by atoms with Crippen LogP contribution < -0.4 is 5.32 Å². The predicted octanol–water partition coefficient (Wildman–Crippen LogP) is 2.62. The van der Waals surface area contributed by atoms with Gasteiger partial charge in [0.25, 0.3) is 0 Å². The maximum Gasteiger partial charge on any atom is 0.225 e. The van der Waals surface area contributed by atoms with Crippen LogP contribution in [0.25, 0.3) is 0 Å². The lowest BCUT2D eigenvalue weighted by Gasteiger charge is -2.19. The van der Waals surface area contributed by atoms with Crippen LogP contribution in [0.15, 0.2) is 54.6 Å². The van der Waals surface area contributed by atoms with E-state index < -0.39 is 15.8 Å². The lowest BCUT2D eigenvalue weighted by atomic mass is 10.2. The number of nitrogens with zero attached hydrogens (tertiary/aromatic N) is 1. The van der Waals surface area contributed by atoms with E-state index in [9.17, 15) is 17.6 Å². The first-order chi connectivity index (χ1) is 11.3. The molecular formula is C17H19FN2O3S. The average molecular weight is 350 g/mol. The van der Waals surface area contributed by atoms with Gasteiger partial charge < -0.3 is 5.32 Å². The standard InChI is InChI=1S/C17H19FN2O3S/c1-24(22,23)20(13-14-6-3-2-4-7-14)11-10-17(21)19-16-9-5-8-15(18)12-16/h2-9,12H,10-11,13H2,1H3,(H,19,21). The van der Waals surface area contributed by atoms with Crippen molar-refractivity contribution in [1.29, 1.82) is 0 Å². The maximum atomic E-state index is 13.1. The molecule has 0 atom stereocenters. The molecule has 0 aliphatic heterocycles. The number of hydrogen-bond acceptors (Lipinski definition) is 3. The minimum absolute atomic E-state index is 0.0174. The van der Waals surface area contributed by atoms with Gasteiger partial charge in [0.05, 0.1) is 6.26 Å². The Bertz CT molecular complexity index is 794. The van der Waals surface area contributed by atoms with Gasteiger partial charge >= 0.3 is 0 Å². The second kappa shape index (κ2) is 8.03. The van der Waals surface area contributed by atoms with E-state index in [-0.39, 0.29) is 25.4 Å². The number of carbonyl (C=O) groups excluding carboxylic acids is 1. The van der Waals surface area contributed by atoms with Crippen molar-refractivity contribution in [3.05, 3.63) is 66.0 Å². The molecule has 0 heterocycles. The first-order valence-corrected chi connectivity index (χ1v) is 9.24. The highest BCUT2D eigenvalue weighted by atomic mass is 32.2. The van der Waals surface area contributed by atoms with E-state index in [0.29, 0.717) is 5.69 Å². The topological polar surface area (TPSA) is 66.5 Å². The van der Waals surface area contributed by atoms with Crippen molar-refractivity contribution in [2.75, 3.05) is 18.1 Å². The summed E-state index contributed by atoms with van der Waals surface area (Å²) in [6.07, 6.45) is 1.09. The van der Waals surface area contributed by atoms with Crippen LogP contribution in [0.2, 0.25) is 0 Å². The Morgan fingerprint density at radius 2 is 1.83 bits per heavy atom. The second-order valence-electron chi connectivity index (χ2n) is 5.39. The summed E-state index contributed by atoms with van der Waals surface area (Å²) in [5.74, 6) is -0.822. The van der Waals surface area contributed by atoms with Gasteiger partial charge in [-0.1, -0.05) is 36.4 Å². The summed E-state index contributed by atoms with van der Waals surface area (Å²) in [6, 6.07) is 14.7. The average Bonchev–Trinajstić information content (AvgIpc) is 2.51. The summed E-state index contributed by atoms with van der Waals surface area (Å²) in [7, 11) is -3.45. The third kappa shape index (κ3) is 5.75. The number of rotatable bonds is 7. The van der Waals surface area contributed by atoms with E-state index in [4.69, 9.17) is 0 Å². The van der Waals surface area contributed by atoms with Crippen molar-refractivity contribution < 1.29 is 17.6 Å². The smallest absolute Gasteiger partial charge is 0.225 e. The van der Waals surface area contributed by atoms with Gasteiger partial charge in [-0.2, -0.15) is 4.31 Å². The van der Waals surface area contributed by atoms with Gasteiger partial charge in [0.1, 0.15) is 5.82 Å². The summed E-state index contributed by atoms with van der Waals surface area (Å²) in [5, 5.41) is 2.55. The van der Waals surface area contributed by atoms with E-state index in [0.717, 1.165) is 11.8 Å². The Balaban J connectivity index is 1.96. The molecular weight excluding hydrogens is 331 g/mol. The molecule has 7 heteroatoms. The molecule has 1 amide bonds. The molecule has 0 radical (unpaired) electrons. The number of halogens is 1. The summed E-state index contributed by atoms with van der Waals surface area (Å²) in [5.41, 5.74) is 1.18. The molecule has 0 aliphatic rings. The molecule has 2 rings (SSSR count). The van der Waals surface area contributed by atoms with E-state index in [1.807, 2.05) is 30.3 Å². The van der Waals surface area contributed by atoms with E-state index >= 15 is 0 Å². The fourth-order valence-electron chi connectivity index (χ4n) is 2.17. The van der Waals surface area contributed by atoms with Gasteiger partial charge in [-0.25, -0.2) is 12.8 Å². The predicted molar refractivity (Wildman–Crippen MR) is 91.3 cm³/mol. The van der Waals surface area contributed by atoms with Crippen LogP contribution in [0.3, 0.4) is 0 Å². The van der Waals surface area contributed by atoms with E-state index in [1.54, 1.807) is 6.07 Å². The zero-order chi connectivity index (χ0) is 17.6. The van der Waals surface area contributed by atoms with Crippen LogP contribution in [0.1, 0.15) is 12.0 Å². The zero-order valence-electron chi connectivity index (χ0n) is 13.3. The molecule has 0 saturated heterocycles. The zero-order valence-corrected chi connectivity index (χ0v) is 14.1. The first-order valence-electron chi connectivity index (χ1n) is 7.39. The Labute approximate surface area is 141 Å². The van der Waals surface area contributed by atoms with Crippen molar-refractivity contribution in [2.45, 2.75) is 13.0 Å². The Hall–Kier alpha value is -2.25. The van der Waals surface area contributed by atoms with Crippen LogP contribution >= 0.6 is 0 Å². The number of anilines is 1. The van der Waals surface area contributed by atoms with Crippen LogP contribution in [-0.2, 0) is 21.4 Å². The molecule has 2 aromatic rings. The molecule has 0 spiro atoms. The van der Waals surface area contributed by atoms with Crippen molar-refractivity contribution >= 4 is 21.6 Å². The number of amides is 1. The molecule has 5 nitrogen and oxygen atoms in total. The molecule has 0 unspecified atom stereocenters. The van der Waals surface area contributed by atoms with Crippen LogP contribution in [-0.4, -0.2) is 31.4 Å². The van der Waals surface area contributed by atoms with Crippen molar-refractivity contribution in [1.82, 2.24) is 4.31 Å². The van der Waals surface area contributed by atoms with Crippen molar-refractivity contribution in [3.8, 4) is 0 Å². The summed E-state index contributed by atoms with van der Waals surface area (Å²) in [6.45, 7) is 0.252. The second-order valence-corrected chi connectivity index (χ2v) is 7.37. The normalized spacial score (nSPS) is 11.5. The Morgan fingerprint density at radius 1 is 1.12 bits per heavy atom. The highest BCUT2D eigenvalue weighted by Gasteiger charge is 2.18. The van der Waals surface area contributed by atoms with Gasteiger partial charge in [0.15, 0.2) is 0 Å². The molecule has 0 bridgehead atoms. The lowest BCUT2D eigenvalue weighted by molar-refractivity contribution is -0.116. The monoisotopic (exact) mass is 350 g/mol. The quantitative estimate of drug-likeness (QED) is 0.835. The Morgan fingerprint density at radius 3 is 2.46 bits per heavy atom. The molecule has 128 valence electrons. The van der Waals surface area contributed by atoms with Crippen LogP contribution in [0, 0.1) is 5.82 Å². The third-order valence-corrected chi connectivity index (χ3v) is 4.62. The minimum Gasteiger partial charge on any atom is -0.326 e. The van der Waals surface area contributed by atoms with Gasteiger partial charge in [0, 0.05) is 25.2 Å². The van der Waals surface area contributed by atoms with Crippen LogP contribution in [0.4, 0.5) is 10.1 Å². The molecule has 0 saturated carbocycles. The van der Waals surface area contributed by atoms with Crippen molar-refractivity contribution in [2.24, 2.45) is 0 Å². The summed E-state index contributed by atoms with van der Waals surface area (Å²) in [4.78, 5) is 12.0. The van der Waals surface area contributed by atoms with E-state index in [1.165, 1.54) is 22.5 Å². The molecule has 0 fully saturated rings. The van der Waals surface area contributed by atoms with Gasteiger partial charge in [0.2, 0.25) is 15.9 Å². The van der Waals surface area contributed by atoms with E-state index in [2.05, 4.69) is 5.32 Å². The SMILES string of the molecule is CS(=O)(=O)N(CCC(=O)Nc1cccc(F)c1)Cc1ccccc1. The number of carbonyl (C=O) groups is 1. The number of benzene rings is 2. The van der Waals surface area contributed by atoms with Gasteiger partial charge in [-0.05, 0) is 23.8 Å². The minimum atomic E-state index is -3.45. The summed E-state index contributed by atoms with van der Waals surface area (Å²) < 4.78 is 38.1. The largest absolute Gasteiger partial charge is 0.326 e. The lowest BCUT2D eigenvalue weighted by Crippen LogP contribution is -2.32. The molecule has 24 heavy (non-hydrogen) atoms. The molecule has 2 aromatic carbocycles. The first kappa shape index (κ1) is 18.1. The molecule has 1 N–H and O–H groups in total. The molecule has 0 aromatic heterocycles. The fraction of sp³-hybridized carbons (Fsp3) is 0.235. The van der Waals surface area contributed by atoms with Crippen molar-refractivity contribution in [3.63, 3.8) is 0 Å². The number of nitrogens with one attached hydrogen (secondary N) is 1. The maximum absolute atomic E-state index is 13.1. The van der Waals surface area contributed by atoms with Crippen LogP contribution in [0.5, 0.6) is 0 Å². The fourth-order valence-corrected chi connectivity index (χ4v) is 2.97. The molecule has 0 aliphatic carbocycles. The van der Waals surface area contributed by atoms with Gasteiger partial charge in [-0.3, -0.25) is 4.79 Å². The number of sulfonamides is 1. The highest BCUT2D eigenvalue weighted by molar-refractivity contribution is 7.88. The van der Waals surface area contributed by atoms with Gasteiger partial charge in [-0.15, -0.1) is 0 Å². The third-order valence-electron chi connectivity index (χ3n) is 3.37. The number of hydrogen-bond donors (Lipinski definition) is 1. The highest BCUT2D eigenvalue weighted by Crippen LogP contribution is 2.11.